The number of halogens is 1. The Hall–Kier alpha value is -1.85. The fourth-order valence-corrected chi connectivity index (χ4v) is 2.63. The van der Waals surface area contributed by atoms with Gasteiger partial charge in [0.05, 0.1) is 18.8 Å². The second-order valence-electron chi connectivity index (χ2n) is 5.82. The van der Waals surface area contributed by atoms with Crippen LogP contribution in [-0.4, -0.2) is 28.3 Å². The molecular weight excluding hydrogens is 312 g/mol. The molecule has 0 aliphatic heterocycles. The van der Waals surface area contributed by atoms with Gasteiger partial charge in [0.1, 0.15) is 5.15 Å². The third-order valence-electron chi connectivity index (χ3n) is 3.40. The Bertz CT molecular complexity index is 652. The number of carbonyl (C=O) groups is 1. The van der Waals surface area contributed by atoms with Gasteiger partial charge in [-0.1, -0.05) is 41.9 Å². The maximum absolute atomic E-state index is 11.6. The first-order valence-corrected chi connectivity index (χ1v) is 8.11. The molecule has 5 nitrogen and oxygen atoms in total. The Balaban J connectivity index is 1.96. The van der Waals surface area contributed by atoms with E-state index in [1.54, 1.807) is 4.68 Å². The molecule has 6 heteroatoms. The molecule has 0 atom stereocenters. The number of benzene rings is 1. The molecule has 0 unspecified atom stereocenters. The zero-order chi connectivity index (χ0) is 16.8. The number of amides is 1. The highest BCUT2D eigenvalue weighted by Gasteiger charge is 2.14. The molecule has 1 aromatic heterocycles. The van der Waals surface area contributed by atoms with E-state index in [2.05, 4.69) is 15.7 Å². The van der Waals surface area contributed by atoms with Crippen molar-refractivity contribution in [3.63, 3.8) is 0 Å². The zero-order valence-corrected chi connectivity index (χ0v) is 14.5. The third kappa shape index (κ3) is 5.08. The number of carbonyl (C=O) groups excluding carboxylic acids is 1. The summed E-state index contributed by atoms with van der Waals surface area (Å²) in [5.74, 6) is -0.0227. The molecule has 1 amide bonds. The van der Waals surface area contributed by atoms with Gasteiger partial charge >= 0.3 is 0 Å². The smallest absolute Gasteiger partial charge is 0.234 e. The molecule has 2 aromatic rings. The van der Waals surface area contributed by atoms with Crippen molar-refractivity contribution in [3.05, 3.63) is 52.3 Å². The summed E-state index contributed by atoms with van der Waals surface area (Å²) in [5, 5.41) is 11.1. The van der Waals surface area contributed by atoms with Gasteiger partial charge in [-0.25, -0.2) is 4.68 Å². The second-order valence-corrected chi connectivity index (χ2v) is 6.18. The topological polar surface area (TPSA) is 59.0 Å². The fraction of sp³-hybridized carbons (Fsp3) is 0.412. The van der Waals surface area contributed by atoms with E-state index in [-0.39, 0.29) is 18.5 Å². The molecule has 0 radical (unpaired) electrons. The molecule has 0 fully saturated rings. The van der Waals surface area contributed by atoms with E-state index in [4.69, 9.17) is 11.6 Å². The van der Waals surface area contributed by atoms with Crippen LogP contribution < -0.4 is 10.6 Å². The summed E-state index contributed by atoms with van der Waals surface area (Å²) < 4.78 is 1.79. The number of nitrogens with one attached hydrogen (secondary N) is 2. The lowest BCUT2D eigenvalue weighted by Crippen LogP contribution is -2.37. The summed E-state index contributed by atoms with van der Waals surface area (Å²) in [7, 11) is 0. The number of rotatable bonds is 7. The van der Waals surface area contributed by atoms with Crippen LogP contribution in [0.2, 0.25) is 5.15 Å². The monoisotopic (exact) mass is 334 g/mol. The Kier molecular flexibility index (Phi) is 6.19. The van der Waals surface area contributed by atoms with E-state index in [1.807, 2.05) is 51.1 Å². The van der Waals surface area contributed by atoms with Crippen molar-refractivity contribution >= 4 is 17.5 Å². The van der Waals surface area contributed by atoms with Crippen LogP contribution in [-0.2, 0) is 17.9 Å². The standard InChI is InChI=1S/C17H23ClN4O/c1-12(2)20-16(23)10-19-9-15-13(3)21-22(17(15)18)11-14-7-5-4-6-8-14/h4-8,12,19H,9-11H2,1-3H3,(H,20,23). The van der Waals surface area contributed by atoms with Gasteiger partial charge in [0.2, 0.25) is 5.91 Å². The van der Waals surface area contributed by atoms with Crippen LogP contribution in [0.5, 0.6) is 0 Å². The fourth-order valence-electron chi connectivity index (χ4n) is 2.33. The van der Waals surface area contributed by atoms with Crippen molar-refractivity contribution in [2.24, 2.45) is 0 Å². The van der Waals surface area contributed by atoms with Crippen molar-refractivity contribution in [1.29, 1.82) is 0 Å². The molecule has 23 heavy (non-hydrogen) atoms. The highest BCUT2D eigenvalue weighted by molar-refractivity contribution is 6.30. The van der Waals surface area contributed by atoms with Gasteiger partial charge in [-0.2, -0.15) is 5.10 Å². The van der Waals surface area contributed by atoms with Gasteiger partial charge in [0.25, 0.3) is 0 Å². The molecule has 0 aliphatic carbocycles. The lowest BCUT2D eigenvalue weighted by Gasteiger charge is -2.09. The molecule has 0 bridgehead atoms. The minimum atomic E-state index is -0.0227. The van der Waals surface area contributed by atoms with Crippen LogP contribution in [0, 0.1) is 6.92 Å². The largest absolute Gasteiger partial charge is 0.353 e. The van der Waals surface area contributed by atoms with Crippen LogP contribution in [0.1, 0.15) is 30.7 Å². The molecular formula is C17H23ClN4O. The van der Waals surface area contributed by atoms with Crippen LogP contribution in [0.15, 0.2) is 30.3 Å². The SMILES string of the molecule is Cc1nn(Cc2ccccc2)c(Cl)c1CNCC(=O)NC(C)C. The Morgan fingerprint density at radius 3 is 2.65 bits per heavy atom. The molecule has 0 saturated carbocycles. The average Bonchev–Trinajstić information content (AvgIpc) is 2.75. The van der Waals surface area contributed by atoms with Gasteiger partial charge < -0.3 is 10.6 Å². The quantitative estimate of drug-likeness (QED) is 0.818. The van der Waals surface area contributed by atoms with Gasteiger partial charge in [0, 0.05) is 18.2 Å². The van der Waals surface area contributed by atoms with E-state index < -0.39 is 0 Å². The number of aromatic nitrogens is 2. The maximum Gasteiger partial charge on any atom is 0.234 e. The van der Waals surface area contributed by atoms with Crippen LogP contribution in [0.4, 0.5) is 0 Å². The molecule has 0 aliphatic rings. The Morgan fingerprint density at radius 2 is 2.00 bits per heavy atom. The van der Waals surface area contributed by atoms with E-state index >= 15 is 0 Å². The second kappa shape index (κ2) is 8.13. The molecule has 1 heterocycles. The van der Waals surface area contributed by atoms with Crippen LogP contribution in [0.25, 0.3) is 0 Å². The van der Waals surface area contributed by atoms with Gasteiger partial charge in [0.15, 0.2) is 0 Å². The van der Waals surface area contributed by atoms with Gasteiger partial charge in [-0.3, -0.25) is 4.79 Å². The van der Waals surface area contributed by atoms with E-state index in [0.29, 0.717) is 18.2 Å². The first-order valence-electron chi connectivity index (χ1n) is 7.73. The summed E-state index contributed by atoms with van der Waals surface area (Å²) in [6, 6.07) is 10.2. The minimum Gasteiger partial charge on any atom is -0.353 e. The molecule has 124 valence electrons. The Morgan fingerprint density at radius 1 is 1.30 bits per heavy atom. The third-order valence-corrected chi connectivity index (χ3v) is 3.82. The molecule has 0 saturated heterocycles. The maximum atomic E-state index is 11.6. The van der Waals surface area contributed by atoms with Crippen molar-refractivity contribution < 1.29 is 4.79 Å². The van der Waals surface area contributed by atoms with Gasteiger partial charge in [-0.15, -0.1) is 0 Å². The number of hydrogen-bond donors (Lipinski definition) is 2. The molecule has 2 rings (SSSR count). The van der Waals surface area contributed by atoms with Crippen molar-refractivity contribution in [1.82, 2.24) is 20.4 Å². The summed E-state index contributed by atoms with van der Waals surface area (Å²) in [6.07, 6.45) is 0. The molecule has 1 aromatic carbocycles. The average molecular weight is 335 g/mol. The van der Waals surface area contributed by atoms with Crippen LogP contribution >= 0.6 is 11.6 Å². The Labute approximate surface area is 142 Å². The van der Waals surface area contributed by atoms with Crippen molar-refractivity contribution in [3.8, 4) is 0 Å². The summed E-state index contributed by atoms with van der Waals surface area (Å²) in [4.78, 5) is 11.6. The summed E-state index contributed by atoms with van der Waals surface area (Å²) in [5.41, 5.74) is 2.95. The predicted octanol–water partition coefficient (Wildman–Crippen LogP) is 2.51. The lowest BCUT2D eigenvalue weighted by molar-refractivity contribution is -0.120. The van der Waals surface area contributed by atoms with E-state index in [0.717, 1.165) is 16.8 Å². The van der Waals surface area contributed by atoms with Crippen molar-refractivity contribution in [2.45, 2.75) is 39.9 Å². The molecule has 0 spiro atoms. The number of nitrogens with zero attached hydrogens (tertiary/aromatic N) is 2. The summed E-state index contributed by atoms with van der Waals surface area (Å²) >= 11 is 6.44. The number of aryl methyl sites for hydroxylation is 1. The normalized spacial score (nSPS) is 11.0. The minimum absolute atomic E-state index is 0.0227. The van der Waals surface area contributed by atoms with E-state index in [9.17, 15) is 4.79 Å². The highest BCUT2D eigenvalue weighted by Crippen LogP contribution is 2.20. The zero-order valence-electron chi connectivity index (χ0n) is 13.8. The molecule has 2 N–H and O–H groups in total. The lowest BCUT2D eigenvalue weighted by atomic mass is 10.2. The highest BCUT2D eigenvalue weighted by atomic mass is 35.5. The van der Waals surface area contributed by atoms with Gasteiger partial charge in [-0.05, 0) is 26.3 Å². The predicted molar refractivity (Wildman–Crippen MR) is 92.5 cm³/mol. The first-order chi connectivity index (χ1) is 11.0. The van der Waals surface area contributed by atoms with Crippen LogP contribution in [0.3, 0.4) is 0 Å². The van der Waals surface area contributed by atoms with Crippen molar-refractivity contribution in [2.75, 3.05) is 6.54 Å². The number of hydrogen-bond acceptors (Lipinski definition) is 3. The first kappa shape index (κ1) is 17.5. The van der Waals surface area contributed by atoms with E-state index in [1.165, 1.54) is 0 Å². The summed E-state index contributed by atoms with van der Waals surface area (Å²) in [6.45, 7) is 7.22.